The summed E-state index contributed by atoms with van der Waals surface area (Å²) in [5, 5.41) is 15.9. The minimum Gasteiger partial charge on any atom is -0.389 e. The van der Waals surface area contributed by atoms with Crippen LogP contribution in [-0.2, 0) is 9.59 Å². The lowest BCUT2D eigenvalue weighted by Crippen LogP contribution is -2.37. The van der Waals surface area contributed by atoms with Crippen LogP contribution in [0, 0.1) is 18.7 Å². The predicted octanol–water partition coefficient (Wildman–Crippen LogP) is 1.45. The minimum atomic E-state index is -0.992. The molecule has 0 radical (unpaired) electrons. The molecule has 1 aromatic carbocycles. The van der Waals surface area contributed by atoms with E-state index >= 15 is 0 Å². The highest BCUT2D eigenvalue weighted by Crippen LogP contribution is 2.27. The van der Waals surface area contributed by atoms with Crippen molar-refractivity contribution in [2.75, 3.05) is 32.5 Å². The molecular weight excluding hydrogens is 337 g/mol. The first kappa shape index (κ1) is 20.1. The summed E-state index contributed by atoms with van der Waals surface area (Å²) in [6, 6.07) is 4.43. The van der Waals surface area contributed by atoms with Crippen LogP contribution >= 0.6 is 0 Å². The highest BCUT2D eigenvalue weighted by molar-refractivity contribution is 6.02. The van der Waals surface area contributed by atoms with Crippen LogP contribution in [-0.4, -0.2) is 55.0 Å². The molecule has 0 heterocycles. The van der Waals surface area contributed by atoms with Crippen LogP contribution < -0.4 is 10.6 Å². The van der Waals surface area contributed by atoms with Crippen molar-refractivity contribution in [3.63, 3.8) is 0 Å². The number of ketones is 1. The van der Waals surface area contributed by atoms with Gasteiger partial charge in [-0.05, 0) is 45.1 Å². The largest absolute Gasteiger partial charge is 0.389 e. The summed E-state index contributed by atoms with van der Waals surface area (Å²) in [6.07, 6.45) is 0.736. The second kappa shape index (κ2) is 8.91. The summed E-state index contributed by atoms with van der Waals surface area (Å²) in [6.45, 7) is 3.09. The molecule has 6 nitrogen and oxygen atoms in total. The van der Waals surface area contributed by atoms with E-state index in [1.165, 1.54) is 6.07 Å². The number of benzene rings is 1. The van der Waals surface area contributed by atoms with E-state index in [1.54, 1.807) is 25.3 Å². The van der Waals surface area contributed by atoms with Crippen LogP contribution in [0.25, 0.3) is 0 Å². The highest BCUT2D eigenvalue weighted by Gasteiger charge is 2.34. The minimum absolute atomic E-state index is 0.0262. The molecule has 1 fully saturated rings. The molecule has 0 aromatic heterocycles. The van der Waals surface area contributed by atoms with Crippen molar-refractivity contribution in [1.82, 2.24) is 10.2 Å². The number of hydrogen-bond donors (Lipinski definition) is 3. The topological polar surface area (TPSA) is 81.7 Å². The Morgan fingerprint density at radius 1 is 1.42 bits per heavy atom. The third-order valence-corrected chi connectivity index (χ3v) is 4.39. The van der Waals surface area contributed by atoms with Gasteiger partial charge in [0.25, 0.3) is 0 Å². The van der Waals surface area contributed by atoms with Gasteiger partial charge in [0.05, 0.1) is 6.10 Å². The van der Waals surface area contributed by atoms with Gasteiger partial charge in [-0.1, -0.05) is 6.07 Å². The normalized spacial score (nSPS) is 21.9. The van der Waals surface area contributed by atoms with E-state index < -0.39 is 17.8 Å². The molecule has 2 atom stereocenters. The molecule has 1 aromatic rings. The van der Waals surface area contributed by atoms with Crippen molar-refractivity contribution in [3.05, 3.63) is 41.4 Å². The number of amides is 1. The van der Waals surface area contributed by atoms with E-state index in [0.717, 1.165) is 6.54 Å². The number of hydrogen-bond acceptors (Lipinski definition) is 5. The number of nitrogens with one attached hydrogen (secondary N) is 2. The zero-order valence-corrected chi connectivity index (χ0v) is 15.4. The maximum absolute atomic E-state index is 13.6. The van der Waals surface area contributed by atoms with Crippen LogP contribution in [0.3, 0.4) is 0 Å². The summed E-state index contributed by atoms with van der Waals surface area (Å²) in [5.41, 5.74) is 1.13. The summed E-state index contributed by atoms with van der Waals surface area (Å²) >= 11 is 0. The van der Waals surface area contributed by atoms with Crippen LogP contribution in [0.4, 0.5) is 10.1 Å². The first-order chi connectivity index (χ1) is 12.3. The Hall–Kier alpha value is -2.25. The molecule has 0 saturated heterocycles. The van der Waals surface area contributed by atoms with Crippen LogP contribution in [0.5, 0.6) is 0 Å². The molecule has 142 valence electrons. The molecule has 0 aliphatic heterocycles. The van der Waals surface area contributed by atoms with Crippen molar-refractivity contribution >= 4 is 17.4 Å². The molecule has 7 heteroatoms. The number of carbonyl (C=O) groups is 2. The molecule has 0 bridgehead atoms. The van der Waals surface area contributed by atoms with Gasteiger partial charge in [0.15, 0.2) is 5.78 Å². The summed E-state index contributed by atoms with van der Waals surface area (Å²) in [4.78, 5) is 26.6. The first-order valence-corrected chi connectivity index (χ1v) is 8.64. The molecule has 26 heavy (non-hydrogen) atoms. The van der Waals surface area contributed by atoms with Gasteiger partial charge < -0.3 is 20.6 Å². The Balaban J connectivity index is 1.94. The quantitative estimate of drug-likeness (QED) is 0.526. The van der Waals surface area contributed by atoms with Crippen molar-refractivity contribution in [2.24, 2.45) is 5.92 Å². The van der Waals surface area contributed by atoms with E-state index in [4.69, 9.17) is 0 Å². The third kappa shape index (κ3) is 5.37. The monoisotopic (exact) mass is 363 g/mol. The lowest BCUT2D eigenvalue weighted by Gasteiger charge is -2.26. The number of likely N-dealkylation sites (N-methyl/N-ethyl adjacent to an activating group) is 1. The van der Waals surface area contributed by atoms with Crippen molar-refractivity contribution < 1.29 is 19.1 Å². The lowest BCUT2D eigenvalue weighted by atomic mass is 9.82. The maximum atomic E-state index is 13.6. The standard InChI is InChI=1S/C19H26FN3O3/c1-12-4-5-14(10-16(12)20)22-19(26)13-8-17(24)15(18(25)9-13)11-21-6-7-23(2)3/h4-5,10-11,13,17,21,24H,6-9H2,1-3H3,(H,22,26)/b15-11+. The molecule has 2 rings (SSSR count). The van der Waals surface area contributed by atoms with Crippen molar-refractivity contribution in [2.45, 2.75) is 25.9 Å². The van der Waals surface area contributed by atoms with E-state index in [0.29, 0.717) is 23.4 Å². The number of rotatable bonds is 6. The fraction of sp³-hybridized carbons (Fsp3) is 0.474. The SMILES string of the molecule is Cc1ccc(NC(=O)C2CC(=O)/C(=C/NCCN(C)C)C(O)C2)cc1F. The second-order valence-electron chi connectivity index (χ2n) is 6.89. The number of aliphatic hydroxyl groups is 1. The fourth-order valence-electron chi connectivity index (χ4n) is 2.77. The van der Waals surface area contributed by atoms with E-state index in [-0.39, 0.29) is 24.5 Å². The summed E-state index contributed by atoms with van der Waals surface area (Å²) < 4.78 is 13.6. The zero-order valence-electron chi connectivity index (χ0n) is 15.4. The van der Waals surface area contributed by atoms with Crippen LogP contribution in [0.2, 0.25) is 0 Å². The Morgan fingerprint density at radius 2 is 2.15 bits per heavy atom. The van der Waals surface area contributed by atoms with Crippen LogP contribution in [0.1, 0.15) is 18.4 Å². The molecule has 3 N–H and O–H groups in total. The van der Waals surface area contributed by atoms with E-state index in [9.17, 15) is 19.1 Å². The Morgan fingerprint density at radius 3 is 2.77 bits per heavy atom. The molecule has 0 spiro atoms. The van der Waals surface area contributed by atoms with Gasteiger partial charge in [-0.25, -0.2) is 4.39 Å². The maximum Gasteiger partial charge on any atom is 0.228 e. The molecule has 1 saturated carbocycles. The highest BCUT2D eigenvalue weighted by atomic mass is 19.1. The third-order valence-electron chi connectivity index (χ3n) is 4.39. The number of aryl methyl sites for hydroxylation is 1. The molecular formula is C19H26FN3O3. The molecule has 1 amide bonds. The predicted molar refractivity (Wildman–Crippen MR) is 98.1 cm³/mol. The fourth-order valence-corrected chi connectivity index (χ4v) is 2.77. The first-order valence-electron chi connectivity index (χ1n) is 8.64. The number of carbonyl (C=O) groups excluding carboxylic acids is 2. The smallest absolute Gasteiger partial charge is 0.228 e. The van der Waals surface area contributed by atoms with Crippen molar-refractivity contribution in [1.29, 1.82) is 0 Å². The number of halogens is 1. The van der Waals surface area contributed by atoms with E-state index in [2.05, 4.69) is 10.6 Å². The van der Waals surface area contributed by atoms with Gasteiger partial charge in [0.1, 0.15) is 5.82 Å². The van der Waals surface area contributed by atoms with Gasteiger partial charge in [0, 0.05) is 42.9 Å². The van der Waals surface area contributed by atoms with Crippen LogP contribution in [0.15, 0.2) is 30.0 Å². The Kier molecular flexibility index (Phi) is 6.88. The number of Topliss-reactive ketones (excluding diaryl/α,β-unsaturated/α-hetero) is 1. The average molecular weight is 363 g/mol. The van der Waals surface area contributed by atoms with Gasteiger partial charge in [-0.15, -0.1) is 0 Å². The van der Waals surface area contributed by atoms with Crippen molar-refractivity contribution in [3.8, 4) is 0 Å². The summed E-state index contributed by atoms with van der Waals surface area (Å²) in [7, 11) is 3.89. The Bertz CT molecular complexity index is 703. The average Bonchev–Trinajstić information content (AvgIpc) is 2.56. The number of nitrogens with zero attached hydrogens (tertiary/aromatic N) is 1. The number of aliphatic hydroxyl groups excluding tert-OH is 1. The van der Waals surface area contributed by atoms with E-state index in [1.807, 2.05) is 19.0 Å². The number of anilines is 1. The Labute approximate surface area is 153 Å². The second-order valence-corrected chi connectivity index (χ2v) is 6.89. The molecule has 1 aliphatic carbocycles. The molecule has 1 aliphatic rings. The van der Waals surface area contributed by atoms with Gasteiger partial charge >= 0.3 is 0 Å². The van der Waals surface area contributed by atoms with Gasteiger partial charge in [-0.3, -0.25) is 9.59 Å². The lowest BCUT2D eigenvalue weighted by molar-refractivity contribution is -0.128. The van der Waals surface area contributed by atoms with Gasteiger partial charge in [0.2, 0.25) is 5.91 Å². The van der Waals surface area contributed by atoms with Gasteiger partial charge in [-0.2, -0.15) is 0 Å². The molecule has 2 unspecified atom stereocenters. The summed E-state index contributed by atoms with van der Waals surface area (Å²) in [5.74, 6) is -1.69. The zero-order chi connectivity index (χ0) is 19.3.